The maximum atomic E-state index is 12.2. The van der Waals surface area contributed by atoms with Crippen molar-refractivity contribution in [1.82, 2.24) is 0 Å². The third kappa shape index (κ3) is 3.95. The molecule has 0 heterocycles. The largest absolute Gasteiger partial charge is 0.414 e. The Kier molecular flexibility index (Phi) is 3.55. The molecular formula is C8H14F3NO. The van der Waals surface area contributed by atoms with Crippen LogP contribution < -0.4 is 5.73 Å². The molecule has 1 fully saturated rings. The lowest BCUT2D eigenvalue weighted by Gasteiger charge is -2.19. The van der Waals surface area contributed by atoms with Crippen molar-refractivity contribution >= 4 is 0 Å². The molecule has 0 amide bonds. The van der Waals surface area contributed by atoms with Gasteiger partial charge in [-0.3, -0.25) is 0 Å². The predicted octanol–water partition coefficient (Wildman–Crippen LogP) is 1.69. The zero-order chi connectivity index (χ0) is 9.90. The second-order valence-corrected chi connectivity index (χ2v) is 3.38. The summed E-state index contributed by atoms with van der Waals surface area (Å²) < 4.78 is 41.4. The van der Waals surface area contributed by atoms with Gasteiger partial charge >= 0.3 is 6.18 Å². The highest BCUT2D eigenvalue weighted by Gasteiger charge is 2.40. The van der Waals surface area contributed by atoms with Crippen LogP contribution in [0.5, 0.6) is 0 Å². The van der Waals surface area contributed by atoms with E-state index in [-0.39, 0.29) is 19.6 Å². The van der Waals surface area contributed by atoms with Crippen LogP contribution in [0.1, 0.15) is 19.3 Å². The molecule has 0 aliphatic heterocycles. The van der Waals surface area contributed by atoms with Crippen molar-refractivity contribution in [2.24, 2.45) is 11.7 Å². The topological polar surface area (TPSA) is 35.2 Å². The monoisotopic (exact) mass is 197 g/mol. The van der Waals surface area contributed by atoms with Gasteiger partial charge in [0.1, 0.15) is 0 Å². The average Bonchev–Trinajstić information content (AvgIpc) is 2.78. The quantitative estimate of drug-likeness (QED) is 0.728. The van der Waals surface area contributed by atoms with E-state index < -0.39 is 12.3 Å². The highest BCUT2D eigenvalue weighted by Crippen LogP contribution is 2.32. The number of hydrogen-bond donors (Lipinski definition) is 1. The number of hydrogen-bond acceptors (Lipinski definition) is 2. The Morgan fingerprint density at radius 1 is 1.38 bits per heavy atom. The normalized spacial score (nSPS) is 20.3. The van der Waals surface area contributed by atoms with E-state index in [1.807, 2.05) is 0 Å². The van der Waals surface area contributed by atoms with E-state index in [1.165, 1.54) is 0 Å². The second-order valence-electron chi connectivity index (χ2n) is 3.38. The molecule has 0 saturated heterocycles. The molecule has 5 heteroatoms. The van der Waals surface area contributed by atoms with Gasteiger partial charge in [-0.2, -0.15) is 13.2 Å². The van der Waals surface area contributed by atoms with Crippen molar-refractivity contribution in [3.63, 3.8) is 0 Å². The minimum absolute atomic E-state index is 0.00877. The summed E-state index contributed by atoms with van der Waals surface area (Å²) in [6, 6.07) is 0. The molecule has 1 unspecified atom stereocenters. The summed E-state index contributed by atoms with van der Waals surface area (Å²) in [7, 11) is 0. The minimum Gasteiger partial charge on any atom is -0.368 e. The lowest BCUT2D eigenvalue weighted by atomic mass is 10.2. The van der Waals surface area contributed by atoms with Crippen LogP contribution in [-0.4, -0.2) is 25.4 Å². The number of nitrogens with two attached hydrogens (primary N) is 1. The van der Waals surface area contributed by atoms with Crippen molar-refractivity contribution in [2.45, 2.75) is 31.5 Å². The Bertz CT molecular complexity index is 156. The van der Waals surface area contributed by atoms with Crippen molar-refractivity contribution in [1.29, 1.82) is 0 Å². The molecule has 0 aromatic carbocycles. The summed E-state index contributed by atoms with van der Waals surface area (Å²) in [5, 5.41) is 0. The highest BCUT2D eigenvalue weighted by atomic mass is 19.4. The molecule has 2 N–H and O–H groups in total. The Morgan fingerprint density at radius 2 is 2.00 bits per heavy atom. The summed E-state index contributed by atoms with van der Waals surface area (Å²) in [5.74, 6) is 0.350. The van der Waals surface area contributed by atoms with Crippen molar-refractivity contribution in [3.05, 3.63) is 0 Å². The summed E-state index contributed by atoms with van der Waals surface area (Å²) in [5.41, 5.74) is 5.07. The number of ether oxygens (including phenoxy) is 1. The van der Waals surface area contributed by atoms with Crippen molar-refractivity contribution < 1.29 is 17.9 Å². The maximum Gasteiger partial charge on any atom is 0.414 e. The first-order valence-corrected chi connectivity index (χ1v) is 4.42. The summed E-state index contributed by atoms with van der Waals surface area (Å²) in [4.78, 5) is 0. The molecule has 0 bridgehead atoms. The standard InChI is InChI=1S/C8H14F3NO/c9-8(10,11)7(3-4-12)13-5-6-1-2-6/h6-7H,1-5,12H2. The van der Waals surface area contributed by atoms with Crippen molar-refractivity contribution in [3.8, 4) is 0 Å². The molecule has 1 atom stereocenters. The van der Waals surface area contributed by atoms with E-state index in [1.54, 1.807) is 0 Å². The van der Waals surface area contributed by atoms with Gasteiger partial charge in [0.2, 0.25) is 0 Å². The van der Waals surface area contributed by atoms with Gasteiger partial charge in [-0.05, 0) is 31.7 Å². The predicted molar refractivity (Wildman–Crippen MR) is 42.2 cm³/mol. The van der Waals surface area contributed by atoms with E-state index in [0.717, 1.165) is 12.8 Å². The van der Waals surface area contributed by atoms with Gasteiger partial charge in [-0.25, -0.2) is 0 Å². The van der Waals surface area contributed by atoms with Crippen LogP contribution in [0.2, 0.25) is 0 Å². The zero-order valence-corrected chi connectivity index (χ0v) is 7.31. The Morgan fingerprint density at radius 3 is 2.38 bits per heavy atom. The fraction of sp³-hybridized carbons (Fsp3) is 1.00. The molecule has 2 nitrogen and oxygen atoms in total. The number of alkyl halides is 3. The summed E-state index contributed by atoms with van der Waals surface area (Å²) in [6.07, 6.45) is -4.09. The third-order valence-corrected chi connectivity index (χ3v) is 2.02. The maximum absolute atomic E-state index is 12.2. The summed E-state index contributed by atoms with van der Waals surface area (Å²) >= 11 is 0. The lowest BCUT2D eigenvalue weighted by Crippen LogP contribution is -2.34. The molecule has 0 aromatic heterocycles. The fourth-order valence-corrected chi connectivity index (χ4v) is 1.03. The van der Waals surface area contributed by atoms with Crippen LogP contribution in [0.3, 0.4) is 0 Å². The van der Waals surface area contributed by atoms with Gasteiger partial charge in [0.05, 0.1) is 6.61 Å². The molecule has 0 spiro atoms. The Labute approximate surface area is 75.2 Å². The van der Waals surface area contributed by atoms with Gasteiger partial charge in [0.25, 0.3) is 0 Å². The van der Waals surface area contributed by atoms with Crippen molar-refractivity contribution in [2.75, 3.05) is 13.2 Å². The number of rotatable bonds is 5. The van der Waals surface area contributed by atoms with Gasteiger partial charge in [0.15, 0.2) is 6.10 Å². The third-order valence-electron chi connectivity index (χ3n) is 2.02. The molecule has 1 aliphatic carbocycles. The van der Waals surface area contributed by atoms with Gasteiger partial charge in [-0.15, -0.1) is 0 Å². The molecule has 78 valence electrons. The molecular weight excluding hydrogens is 183 g/mol. The summed E-state index contributed by atoms with van der Waals surface area (Å²) in [6.45, 7) is 0.235. The van der Waals surface area contributed by atoms with E-state index in [4.69, 9.17) is 10.5 Å². The molecule has 1 rings (SSSR count). The van der Waals surface area contributed by atoms with Gasteiger partial charge < -0.3 is 10.5 Å². The van der Waals surface area contributed by atoms with E-state index in [0.29, 0.717) is 5.92 Å². The van der Waals surface area contributed by atoms with Crippen LogP contribution in [0.15, 0.2) is 0 Å². The van der Waals surface area contributed by atoms with Crippen LogP contribution in [0.25, 0.3) is 0 Å². The van der Waals surface area contributed by atoms with Crippen LogP contribution in [0.4, 0.5) is 13.2 Å². The fourth-order valence-electron chi connectivity index (χ4n) is 1.03. The smallest absolute Gasteiger partial charge is 0.368 e. The molecule has 0 radical (unpaired) electrons. The number of halogens is 3. The lowest BCUT2D eigenvalue weighted by molar-refractivity contribution is -0.222. The first-order chi connectivity index (χ1) is 6.04. The van der Waals surface area contributed by atoms with E-state index in [2.05, 4.69) is 0 Å². The van der Waals surface area contributed by atoms with Crippen LogP contribution in [0, 0.1) is 5.92 Å². The Balaban J connectivity index is 2.27. The van der Waals surface area contributed by atoms with E-state index >= 15 is 0 Å². The second kappa shape index (κ2) is 4.28. The molecule has 1 saturated carbocycles. The first kappa shape index (κ1) is 10.8. The highest BCUT2D eigenvalue weighted by molar-refractivity contribution is 4.75. The van der Waals surface area contributed by atoms with Crippen LogP contribution >= 0.6 is 0 Å². The molecule has 0 aromatic rings. The van der Waals surface area contributed by atoms with Gasteiger partial charge in [0, 0.05) is 0 Å². The minimum atomic E-state index is -4.27. The average molecular weight is 197 g/mol. The zero-order valence-electron chi connectivity index (χ0n) is 7.31. The Hall–Kier alpha value is -0.290. The van der Waals surface area contributed by atoms with Crippen LogP contribution in [-0.2, 0) is 4.74 Å². The molecule has 13 heavy (non-hydrogen) atoms. The first-order valence-electron chi connectivity index (χ1n) is 4.42. The van der Waals surface area contributed by atoms with Gasteiger partial charge in [-0.1, -0.05) is 0 Å². The molecule has 1 aliphatic rings. The SMILES string of the molecule is NCCC(OCC1CC1)C(F)(F)F. The van der Waals surface area contributed by atoms with E-state index in [9.17, 15) is 13.2 Å².